The highest BCUT2D eigenvalue weighted by atomic mass is 19.1. The summed E-state index contributed by atoms with van der Waals surface area (Å²) in [7, 11) is 1.98. The lowest BCUT2D eigenvalue weighted by Gasteiger charge is -2.26. The van der Waals surface area contributed by atoms with Crippen LogP contribution in [0.3, 0.4) is 0 Å². The van der Waals surface area contributed by atoms with Gasteiger partial charge in [0, 0.05) is 51.4 Å². The van der Waals surface area contributed by atoms with Gasteiger partial charge >= 0.3 is 0 Å². The Morgan fingerprint density at radius 1 is 1.28 bits per heavy atom. The Morgan fingerprint density at radius 2 is 2.06 bits per heavy atom. The van der Waals surface area contributed by atoms with E-state index in [2.05, 4.69) is 16.4 Å². The fraction of sp³-hybridized carbons (Fsp3) is 0.429. The van der Waals surface area contributed by atoms with E-state index >= 15 is 0 Å². The molecular formula is C14H18FN3. The Balaban J connectivity index is 1.91. The number of rotatable bonds is 2. The van der Waals surface area contributed by atoms with Gasteiger partial charge in [0.2, 0.25) is 0 Å². The first-order chi connectivity index (χ1) is 8.74. The van der Waals surface area contributed by atoms with E-state index in [9.17, 15) is 4.39 Å². The van der Waals surface area contributed by atoms with Crippen molar-refractivity contribution in [1.29, 1.82) is 0 Å². The minimum absolute atomic E-state index is 0.169. The predicted octanol–water partition coefficient (Wildman–Crippen LogP) is 1.72. The first kappa shape index (κ1) is 11.7. The largest absolute Gasteiger partial charge is 0.350 e. The lowest BCUT2D eigenvalue weighted by atomic mass is 10.1. The van der Waals surface area contributed by atoms with Crippen LogP contribution in [-0.4, -0.2) is 35.6 Å². The first-order valence-electron chi connectivity index (χ1n) is 6.40. The SMILES string of the molecule is Cn1cc(CN2CCNCC2)c2ccc(F)cc21. The van der Waals surface area contributed by atoms with E-state index in [1.54, 1.807) is 12.1 Å². The summed E-state index contributed by atoms with van der Waals surface area (Å²) in [6, 6.07) is 5.04. The van der Waals surface area contributed by atoms with E-state index in [0.717, 1.165) is 43.6 Å². The summed E-state index contributed by atoms with van der Waals surface area (Å²) >= 11 is 0. The molecule has 1 N–H and O–H groups in total. The van der Waals surface area contributed by atoms with E-state index in [-0.39, 0.29) is 5.82 Å². The second kappa shape index (κ2) is 4.71. The van der Waals surface area contributed by atoms with Gasteiger partial charge in [-0.1, -0.05) is 0 Å². The molecule has 96 valence electrons. The van der Waals surface area contributed by atoms with Gasteiger partial charge in [0.1, 0.15) is 5.82 Å². The van der Waals surface area contributed by atoms with Crippen LogP contribution in [0.2, 0.25) is 0 Å². The Morgan fingerprint density at radius 3 is 2.83 bits per heavy atom. The predicted molar refractivity (Wildman–Crippen MR) is 71.0 cm³/mol. The van der Waals surface area contributed by atoms with Gasteiger partial charge in [0.15, 0.2) is 0 Å². The minimum Gasteiger partial charge on any atom is -0.350 e. The zero-order valence-electron chi connectivity index (χ0n) is 10.6. The maximum Gasteiger partial charge on any atom is 0.125 e. The van der Waals surface area contributed by atoms with Gasteiger partial charge in [-0.15, -0.1) is 0 Å². The van der Waals surface area contributed by atoms with Crippen LogP contribution in [0.1, 0.15) is 5.56 Å². The maximum atomic E-state index is 13.3. The molecule has 1 saturated heterocycles. The minimum atomic E-state index is -0.169. The number of nitrogens with one attached hydrogen (secondary N) is 1. The molecule has 1 fully saturated rings. The van der Waals surface area contributed by atoms with E-state index in [1.807, 2.05) is 17.7 Å². The molecule has 1 aromatic heterocycles. The van der Waals surface area contributed by atoms with Crippen molar-refractivity contribution in [2.75, 3.05) is 26.2 Å². The van der Waals surface area contributed by atoms with Gasteiger partial charge in [0.25, 0.3) is 0 Å². The average Bonchev–Trinajstić information content (AvgIpc) is 2.67. The van der Waals surface area contributed by atoms with Crippen LogP contribution in [0.5, 0.6) is 0 Å². The molecule has 0 unspecified atom stereocenters. The number of benzene rings is 1. The van der Waals surface area contributed by atoms with Gasteiger partial charge in [-0.25, -0.2) is 4.39 Å². The normalized spacial score (nSPS) is 17.4. The molecule has 1 aliphatic rings. The molecule has 2 aromatic rings. The van der Waals surface area contributed by atoms with Gasteiger partial charge in [-0.2, -0.15) is 0 Å². The van der Waals surface area contributed by atoms with Crippen molar-refractivity contribution in [3.63, 3.8) is 0 Å². The van der Waals surface area contributed by atoms with Crippen LogP contribution in [0.4, 0.5) is 4.39 Å². The molecule has 0 aliphatic carbocycles. The quantitative estimate of drug-likeness (QED) is 0.872. The Bertz CT molecular complexity index is 555. The van der Waals surface area contributed by atoms with Crippen molar-refractivity contribution in [3.05, 3.63) is 35.8 Å². The molecule has 18 heavy (non-hydrogen) atoms. The third kappa shape index (κ3) is 2.13. The zero-order valence-corrected chi connectivity index (χ0v) is 10.6. The van der Waals surface area contributed by atoms with Crippen molar-refractivity contribution < 1.29 is 4.39 Å². The summed E-state index contributed by atoms with van der Waals surface area (Å²) in [6.07, 6.45) is 2.12. The van der Waals surface area contributed by atoms with Crippen LogP contribution >= 0.6 is 0 Å². The highest BCUT2D eigenvalue weighted by Gasteiger charge is 2.13. The maximum absolute atomic E-state index is 13.3. The lowest BCUT2D eigenvalue weighted by molar-refractivity contribution is 0.234. The molecule has 0 bridgehead atoms. The fourth-order valence-corrected chi connectivity index (χ4v) is 2.68. The van der Waals surface area contributed by atoms with Crippen LogP contribution < -0.4 is 5.32 Å². The number of aromatic nitrogens is 1. The molecule has 0 amide bonds. The standard InChI is InChI=1S/C14H18FN3/c1-17-9-11(10-18-6-4-16-5-7-18)13-3-2-12(15)8-14(13)17/h2-3,8-9,16H,4-7,10H2,1H3. The Hall–Kier alpha value is -1.39. The van der Waals surface area contributed by atoms with Crippen LogP contribution in [-0.2, 0) is 13.6 Å². The molecule has 0 radical (unpaired) electrons. The molecule has 0 atom stereocenters. The van der Waals surface area contributed by atoms with Crippen LogP contribution in [0.25, 0.3) is 10.9 Å². The highest BCUT2D eigenvalue weighted by Crippen LogP contribution is 2.23. The molecule has 0 spiro atoms. The van der Waals surface area contributed by atoms with Gasteiger partial charge < -0.3 is 9.88 Å². The number of halogens is 1. The lowest BCUT2D eigenvalue weighted by Crippen LogP contribution is -2.42. The number of hydrogen-bond acceptors (Lipinski definition) is 2. The molecule has 2 heterocycles. The van der Waals surface area contributed by atoms with Crippen molar-refractivity contribution in [2.24, 2.45) is 7.05 Å². The smallest absolute Gasteiger partial charge is 0.125 e. The summed E-state index contributed by atoms with van der Waals surface area (Å²) in [4.78, 5) is 2.44. The second-order valence-electron chi connectivity index (χ2n) is 4.95. The second-order valence-corrected chi connectivity index (χ2v) is 4.95. The number of nitrogens with zero attached hydrogens (tertiary/aromatic N) is 2. The van der Waals surface area contributed by atoms with E-state index in [1.165, 1.54) is 5.56 Å². The van der Waals surface area contributed by atoms with Gasteiger partial charge in [0.05, 0.1) is 5.52 Å². The third-order valence-corrected chi connectivity index (χ3v) is 3.64. The van der Waals surface area contributed by atoms with Gasteiger partial charge in [-0.3, -0.25) is 4.90 Å². The number of aryl methyl sites for hydroxylation is 1. The molecule has 3 nitrogen and oxygen atoms in total. The molecule has 1 aromatic carbocycles. The molecule has 4 heteroatoms. The van der Waals surface area contributed by atoms with Gasteiger partial charge in [-0.05, 0) is 23.8 Å². The Kier molecular flexibility index (Phi) is 3.06. The average molecular weight is 247 g/mol. The topological polar surface area (TPSA) is 20.2 Å². The van der Waals surface area contributed by atoms with Crippen LogP contribution in [0, 0.1) is 5.82 Å². The number of hydrogen-bond donors (Lipinski definition) is 1. The van der Waals surface area contributed by atoms with Crippen molar-refractivity contribution in [3.8, 4) is 0 Å². The van der Waals surface area contributed by atoms with E-state index < -0.39 is 0 Å². The fourth-order valence-electron chi connectivity index (χ4n) is 2.68. The van der Waals surface area contributed by atoms with E-state index in [4.69, 9.17) is 0 Å². The van der Waals surface area contributed by atoms with Crippen molar-refractivity contribution in [2.45, 2.75) is 6.54 Å². The summed E-state index contributed by atoms with van der Waals surface area (Å²) in [5, 5.41) is 4.52. The summed E-state index contributed by atoms with van der Waals surface area (Å²) in [6.45, 7) is 5.22. The third-order valence-electron chi connectivity index (χ3n) is 3.64. The van der Waals surface area contributed by atoms with Crippen LogP contribution in [0.15, 0.2) is 24.4 Å². The first-order valence-corrected chi connectivity index (χ1v) is 6.40. The van der Waals surface area contributed by atoms with E-state index in [0.29, 0.717) is 0 Å². The van der Waals surface area contributed by atoms with Crippen molar-refractivity contribution >= 4 is 10.9 Å². The molecule has 0 saturated carbocycles. The monoisotopic (exact) mass is 247 g/mol. The number of piperazine rings is 1. The Labute approximate surface area is 106 Å². The number of fused-ring (bicyclic) bond motifs is 1. The molecular weight excluding hydrogens is 229 g/mol. The summed E-state index contributed by atoms with van der Waals surface area (Å²) < 4.78 is 15.3. The summed E-state index contributed by atoms with van der Waals surface area (Å²) in [5.74, 6) is -0.169. The van der Waals surface area contributed by atoms with Crippen molar-refractivity contribution in [1.82, 2.24) is 14.8 Å². The molecule has 1 aliphatic heterocycles. The highest BCUT2D eigenvalue weighted by molar-refractivity contribution is 5.83. The molecule has 3 rings (SSSR count). The zero-order chi connectivity index (χ0) is 12.5. The summed E-state index contributed by atoms with van der Waals surface area (Å²) in [5.41, 5.74) is 2.26.